The Morgan fingerprint density at radius 2 is 1.04 bits per heavy atom. The maximum atomic E-state index is 12.7. The Balaban J connectivity index is 4.18. The summed E-state index contributed by atoms with van der Waals surface area (Å²) in [5.74, 6) is -2.41. The first-order chi connectivity index (χ1) is 26.8. The van der Waals surface area contributed by atoms with Gasteiger partial charge in [-0.15, -0.1) is 0 Å². The summed E-state index contributed by atoms with van der Waals surface area (Å²) >= 11 is 0. The maximum Gasteiger partial charge on any atom is 0.328 e. The lowest BCUT2D eigenvalue weighted by Gasteiger charge is -2.15. The van der Waals surface area contributed by atoms with Crippen LogP contribution in [-0.2, 0) is 23.9 Å². The number of amides is 2. The molecule has 2 atom stereocenters. The normalized spacial score (nSPS) is 12.9. The number of rotatable bonds is 39. The van der Waals surface area contributed by atoms with Gasteiger partial charge >= 0.3 is 11.9 Å². The second kappa shape index (κ2) is 40.5. The fourth-order valence-corrected chi connectivity index (χ4v) is 6.10. The molecule has 0 saturated carbocycles. The largest absolute Gasteiger partial charge is 0.480 e. The predicted molar refractivity (Wildman–Crippen MR) is 227 cm³/mol. The molecule has 0 aliphatic rings. The van der Waals surface area contributed by atoms with Crippen molar-refractivity contribution >= 4 is 23.8 Å². The van der Waals surface area contributed by atoms with Crippen molar-refractivity contribution in [3.05, 3.63) is 48.6 Å². The third-order valence-corrected chi connectivity index (χ3v) is 9.53. The van der Waals surface area contributed by atoms with E-state index in [1.165, 1.54) is 83.5 Å². The van der Waals surface area contributed by atoms with Crippen LogP contribution in [0.5, 0.6) is 0 Å². The Kier molecular flexibility index (Phi) is 38.1. The van der Waals surface area contributed by atoms with Gasteiger partial charge in [0.2, 0.25) is 11.8 Å². The molecular weight excluding hydrogens is 693 g/mol. The molecule has 0 radical (unpaired) electrons. The summed E-state index contributed by atoms with van der Waals surface area (Å²) in [4.78, 5) is 47.5. The summed E-state index contributed by atoms with van der Waals surface area (Å²) < 4.78 is 5.89. The number of carboxylic acid groups (broad SMARTS) is 1. The van der Waals surface area contributed by atoms with E-state index in [2.05, 4.69) is 73.1 Å². The third kappa shape index (κ3) is 37.5. The molecule has 0 aromatic heterocycles. The molecule has 2 unspecified atom stereocenters. The van der Waals surface area contributed by atoms with Gasteiger partial charge in [-0.2, -0.15) is 0 Å². The van der Waals surface area contributed by atoms with Gasteiger partial charge < -0.3 is 25.6 Å². The van der Waals surface area contributed by atoms with E-state index >= 15 is 0 Å². The predicted octanol–water partition coefficient (Wildman–Crippen LogP) is 10.8. The molecule has 0 spiro atoms. The van der Waals surface area contributed by atoms with Gasteiger partial charge in [0.1, 0.15) is 12.1 Å². The monoisotopic (exact) mass is 773 g/mol. The number of hydrogen-bond donors (Lipinski definition) is 4. The van der Waals surface area contributed by atoms with Crippen molar-refractivity contribution in [3.63, 3.8) is 0 Å². The van der Waals surface area contributed by atoms with Crippen LogP contribution in [0.4, 0.5) is 0 Å². The van der Waals surface area contributed by atoms with E-state index in [0.717, 1.165) is 77.0 Å². The van der Waals surface area contributed by atoms with Gasteiger partial charge in [-0.05, 0) is 83.1 Å². The highest BCUT2D eigenvalue weighted by Crippen LogP contribution is 2.15. The number of ether oxygens (including phenoxy) is 1. The Morgan fingerprint density at radius 1 is 0.564 bits per heavy atom. The molecule has 0 aliphatic carbocycles. The quantitative estimate of drug-likeness (QED) is 0.0277. The zero-order valence-electron chi connectivity index (χ0n) is 34.9. The van der Waals surface area contributed by atoms with Crippen LogP contribution in [0.3, 0.4) is 0 Å². The van der Waals surface area contributed by atoms with Crippen molar-refractivity contribution in [2.45, 2.75) is 206 Å². The number of esters is 1. The minimum atomic E-state index is -1.39. The minimum absolute atomic E-state index is 0.125. The van der Waals surface area contributed by atoms with Gasteiger partial charge in [0.05, 0.1) is 13.2 Å². The van der Waals surface area contributed by atoms with Crippen molar-refractivity contribution in [1.29, 1.82) is 0 Å². The fourth-order valence-electron chi connectivity index (χ4n) is 6.10. The van der Waals surface area contributed by atoms with Gasteiger partial charge in [0, 0.05) is 12.8 Å². The summed E-state index contributed by atoms with van der Waals surface area (Å²) in [7, 11) is 0. The standard InChI is InChI=1S/C46H80N2O7/c1-3-5-7-9-11-12-13-14-15-16-17-18-19-20-21-22-23-24-26-28-34-38-45(52)55-41(35-31-27-25-10-8-6-4-2)36-32-29-30-33-37-43(50)47-39-44(51)48-42(40-49)46(53)54/h13-14,16-17,19-20,31,35,41-42,49H,3-12,15,18,21-30,32-34,36-40H2,1-2H3,(H,47,50)(H,48,51)(H,53,54)/b14-13-,17-16-,20-19-,35-31-. The van der Waals surface area contributed by atoms with Crippen LogP contribution in [0.2, 0.25) is 0 Å². The maximum absolute atomic E-state index is 12.7. The fraction of sp³-hybridized carbons (Fsp3) is 0.739. The molecule has 0 aliphatic heterocycles. The number of carbonyl (C=O) groups excluding carboxylic acids is 3. The summed E-state index contributed by atoms with van der Waals surface area (Å²) in [5.41, 5.74) is 0. The summed E-state index contributed by atoms with van der Waals surface area (Å²) in [6.45, 7) is 3.41. The topological polar surface area (TPSA) is 142 Å². The number of hydrogen-bond acceptors (Lipinski definition) is 6. The summed E-state index contributed by atoms with van der Waals surface area (Å²) in [6.07, 6.45) is 47.3. The first-order valence-corrected chi connectivity index (χ1v) is 22.0. The molecule has 0 rings (SSSR count). The Labute approximate surface area is 335 Å². The highest BCUT2D eigenvalue weighted by molar-refractivity contribution is 5.87. The average molecular weight is 773 g/mol. The molecular formula is C46H80N2O7. The highest BCUT2D eigenvalue weighted by Gasteiger charge is 2.18. The van der Waals surface area contributed by atoms with E-state index in [1.54, 1.807) is 0 Å². The number of nitrogens with one attached hydrogen (secondary N) is 2. The number of aliphatic carboxylic acids is 1. The van der Waals surface area contributed by atoms with E-state index in [4.69, 9.17) is 14.9 Å². The number of allylic oxidation sites excluding steroid dienone is 7. The van der Waals surface area contributed by atoms with Crippen LogP contribution in [0, 0.1) is 0 Å². The van der Waals surface area contributed by atoms with Gasteiger partial charge in [-0.3, -0.25) is 14.4 Å². The first-order valence-electron chi connectivity index (χ1n) is 22.0. The van der Waals surface area contributed by atoms with Crippen molar-refractivity contribution in [2.75, 3.05) is 13.2 Å². The molecule has 0 saturated heterocycles. The van der Waals surface area contributed by atoms with Crippen molar-refractivity contribution < 1.29 is 34.1 Å². The number of carbonyl (C=O) groups is 4. The lowest BCUT2D eigenvalue weighted by molar-refractivity contribution is -0.147. The minimum Gasteiger partial charge on any atom is -0.480 e. The van der Waals surface area contributed by atoms with Crippen LogP contribution >= 0.6 is 0 Å². The highest BCUT2D eigenvalue weighted by atomic mass is 16.5. The van der Waals surface area contributed by atoms with E-state index in [0.29, 0.717) is 12.8 Å². The molecule has 316 valence electrons. The van der Waals surface area contributed by atoms with Crippen LogP contribution in [0.15, 0.2) is 48.6 Å². The molecule has 0 aromatic carbocycles. The summed E-state index contributed by atoms with van der Waals surface area (Å²) in [6, 6.07) is -1.39. The zero-order chi connectivity index (χ0) is 40.5. The average Bonchev–Trinajstić information content (AvgIpc) is 3.17. The van der Waals surface area contributed by atoms with Crippen LogP contribution in [0.1, 0.15) is 194 Å². The second-order valence-electron chi connectivity index (χ2n) is 14.8. The van der Waals surface area contributed by atoms with Crippen LogP contribution in [-0.4, -0.2) is 59.3 Å². The Bertz CT molecular complexity index is 1070. The van der Waals surface area contributed by atoms with E-state index in [1.807, 2.05) is 0 Å². The molecule has 9 heteroatoms. The van der Waals surface area contributed by atoms with E-state index < -0.39 is 24.5 Å². The first kappa shape index (κ1) is 51.8. The molecule has 0 aromatic rings. The van der Waals surface area contributed by atoms with Crippen molar-refractivity contribution in [2.24, 2.45) is 0 Å². The number of carboxylic acids is 1. The summed E-state index contributed by atoms with van der Waals surface area (Å²) in [5, 5.41) is 22.5. The van der Waals surface area contributed by atoms with Gasteiger partial charge in [-0.1, -0.05) is 146 Å². The Hall–Kier alpha value is -3.20. The lowest BCUT2D eigenvalue weighted by atomic mass is 10.1. The SMILES string of the molecule is CCCCCCC/C=C\C/C=C\C/C=C\CCCCCCCCC(=O)OC(/C=C\CCCCCCC)CCCCCCC(=O)NCC(=O)NC(CO)C(=O)O. The second-order valence-corrected chi connectivity index (χ2v) is 14.8. The van der Waals surface area contributed by atoms with E-state index in [-0.39, 0.29) is 30.9 Å². The van der Waals surface area contributed by atoms with Gasteiger partial charge in [-0.25, -0.2) is 4.79 Å². The molecule has 0 bridgehead atoms. The van der Waals surface area contributed by atoms with Crippen molar-refractivity contribution in [3.8, 4) is 0 Å². The van der Waals surface area contributed by atoms with Crippen molar-refractivity contribution in [1.82, 2.24) is 10.6 Å². The molecule has 55 heavy (non-hydrogen) atoms. The van der Waals surface area contributed by atoms with Crippen LogP contribution in [0.25, 0.3) is 0 Å². The zero-order valence-corrected chi connectivity index (χ0v) is 34.9. The number of unbranched alkanes of at least 4 members (excludes halogenated alkanes) is 19. The Morgan fingerprint density at radius 3 is 1.58 bits per heavy atom. The smallest absolute Gasteiger partial charge is 0.328 e. The molecule has 0 fully saturated rings. The van der Waals surface area contributed by atoms with Gasteiger partial charge in [0.15, 0.2) is 0 Å². The number of aliphatic hydroxyl groups excluding tert-OH is 1. The van der Waals surface area contributed by atoms with Crippen LogP contribution < -0.4 is 10.6 Å². The van der Waals surface area contributed by atoms with Gasteiger partial charge in [0.25, 0.3) is 0 Å². The molecule has 0 heterocycles. The lowest BCUT2D eigenvalue weighted by Crippen LogP contribution is -2.47. The molecule has 2 amide bonds. The van der Waals surface area contributed by atoms with E-state index in [9.17, 15) is 19.2 Å². The molecule has 4 N–H and O–H groups in total. The number of aliphatic hydroxyl groups is 1. The third-order valence-electron chi connectivity index (χ3n) is 9.53. The molecule has 9 nitrogen and oxygen atoms in total.